The lowest BCUT2D eigenvalue weighted by Crippen LogP contribution is -2.08. The summed E-state index contributed by atoms with van der Waals surface area (Å²) in [5.74, 6) is -0.747. The van der Waals surface area contributed by atoms with Crippen molar-refractivity contribution in [3.63, 3.8) is 0 Å². The van der Waals surface area contributed by atoms with Gasteiger partial charge in [0.25, 0.3) is 5.88 Å². The summed E-state index contributed by atoms with van der Waals surface area (Å²) in [6.07, 6.45) is -2.16. The van der Waals surface area contributed by atoms with Crippen molar-refractivity contribution in [2.24, 2.45) is 0 Å². The molecule has 0 amide bonds. The van der Waals surface area contributed by atoms with E-state index in [1.165, 1.54) is 18.5 Å². The van der Waals surface area contributed by atoms with Gasteiger partial charge in [-0.05, 0) is 18.2 Å². The van der Waals surface area contributed by atoms with Crippen molar-refractivity contribution in [1.82, 2.24) is 9.97 Å². The standard InChI is InChI=1S/C12H5ClF3N3O/c13-10-11(19-4-3-18-10)20-9-2-1-7(6-17)5-8(9)12(14,15)16/h1-5H. The lowest BCUT2D eigenvalue weighted by molar-refractivity contribution is -0.138. The highest BCUT2D eigenvalue weighted by Crippen LogP contribution is 2.39. The highest BCUT2D eigenvalue weighted by molar-refractivity contribution is 6.30. The van der Waals surface area contributed by atoms with Crippen LogP contribution < -0.4 is 4.74 Å². The highest BCUT2D eigenvalue weighted by atomic mass is 35.5. The van der Waals surface area contributed by atoms with Gasteiger partial charge in [0.1, 0.15) is 5.75 Å². The topological polar surface area (TPSA) is 58.8 Å². The maximum absolute atomic E-state index is 12.9. The minimum absolute atomic E-state index is 0.130. The second kappa shape index (κ2) is 5.35. The lowest BCUT2D eigenvalue weighted by atomic mass is 10.1. The van der Waals surface area contributed by atoms with Crippen LogP contribution in [0.2, 0.25) is 5.15 Å². The molecule has 0 radical (unpaired) electrons. The van der Waals surface area contributed by atoms with Crippen molar-refractivity contribution in [3.05, 3.63) is 46.9 Å². The predicted octanol–water partition coefficient (Wildman–Crippen LogP) is 3.81. The van der Waals surface area contributed by atoms with Gasteiger partial charge >= 0.3 is 6.18 Å². The number of hydrogen-bond donors (Lipinski definition) is 0. The first-order valence-corrected chi connectivity index (χ1v) is 5.55. The van der Waals surface area contributed by atoms with Crippen molar-refractivity contribution < 1.29 is 17.9 Å². The van der Waals surface area contributed by atoms with Crippen LogP contribution in [0.4, 0.5) is 13.2 Å². The van der Waals surface area contributed by atoms with Gasteiger partial charge in [-0.2, -0.15) is 18.4 Å². The van der Waals surface area contributed by atoms with E-state index in [1.54, 1.807) is 6.07 Å². The van der Waals surface area contributed by atoms with Crippen LogP contribution in [0.25, 0.3) is 0 Å². The van der Waals surface area contributed by atoms with Crippen LogP contribution in [0.5, 0.6) is 11.6 Å². The summed E-state index contributed by atoms with van der Waals surface area (Å²) in [6.45, 7) is 0. The lowest BCUT2D eigenvalue weighted by Gasteiger charge is -2.13. The molecule has 0 N–H and O–H groups in total. The number of ether oxygens (including phenoxy) is 1. The zero-order chi connectivity index (χ0) is 14.8. The van der Waals surface area contributed by atoms with Gasteiger partial charge in [0.15, 0.2) is 5.15 Å². The molecular weight excluding hydrogens is 295 g/mol. The van der Waals surface area contributed by atoms with Gasteiger partial charge in [-0.1, -0.05) is 11.6 Å². The second-order valence-electron chi connectivity index (χ2n) is 3.57. The molecule has 0 aliphatic rings. The van der Waals surface area contributed by atoms with E-state index in [9.17, 15) is 13.2 Å². The van der Waals surface area contributed by atoms with Gasteiger partial charge in [0.05, 0.1) is 17.2 Å². The Hall–Kier alpha value is -2.33. The first-order chi connectivity index (χ1) is 9.41. The van der Waals surface area contributed by atoms with Crippen LogP contribution in [0.1, 0.15) is 11.1 Å². The maximum Gasteiger partial charge on any atom is 0.420 e. The molecule has 102 valence electrons. The predicted molar refractivity (Wildman–Crippen MR) is 63.3 cm³/mol. The van der Waals surface area contributed by atoms with Gasteiger partial charge < -0.3 is 4.74 Å². The van der Waals surface area contributed by atoms with Crippen LogP contribution in [0, 0.1) is 11.3 Å². The number of benzene rings is 1. The monoisotopic (exact) mass is 299 g/mol. The molecule has 8 heteroatoms. The van der Waals surface area contributed by atoms with Crippen molar-refractivity contribution in [2.45, 2.75) is 6.18 Å². The van der Waals surface area contributed by atoms with E-state index in [4.69, 9.17) is 21.6 Å². The fourth-order valence-corrected chi connectivity index (χ4v) is 1.53. The van der Waals surface area contributed by atoms with Crippen molar-refractivity contribution in [2.75, 3.05) is 0 Å². The molecule has 2 rings (SSSR count). The third kappa shape index (κ3) is 2.97. The molecule has 0 unspecified atom stereocenters. The third-order valence-corrected chi connectivity index (χ3v) is 2.50. The average molecular weight is 300 g/mol. The molecule has 20 heavy (non-hydrogen) atoms. The molecule has 0 bridgehead atoms. The SMILES string of the molecule is N#Cc1ccc(Oc2nccnc2Cl)c(C(F)(F)F)c1. The number of alkyl halides is 3. The molecule has 2 aromatic rings. The van der Waals surface area contributed by atoms with Crippen molar-refractivity contribution >= 4 is 11.6 Å². The zero-order valence-corrected chi connectivity index (χ0v) is 10.4. The third-order valence-electron chi connectivity index (χ3n) is 2.24. The summed E-state index contributed by atoms with van der Waals surface area (Å²) in [4.78, 5) is 7.34. The van der Waals surface area contributed by atoms with E-state index >= 15 is 0 Å². The molecule has 0 spiro atoms. The first-order valence-electron chi connectivity index (χ1n) is 5.17. The van der Waals surface area contributed by atoms with E-state index in [0.717, 1.165) is 6.07 Å². The van der Waals surface area contributed by atoms with Gasteiger partial charge in [-0.3, -0.25) is 0 Å². The Morgan fingerprint density at radius 2 is 1.90 bits per heavy atom. The molecule has 1 aromatic carbocycles. The number of nitriles is 1. The smallest absolute Gasteiger partial charge is 0.420 e. The molecule has 1 heterocycles. The van der Waals surface area contributed by atoms with Gasteiger partial charge in [0, 0.05) is 12.4 Å². The van der Waals surface area contributed by atoms with Gasteiger partial charge in [-0.25, -0.2) is 9.97 Å². The zero-order valence-electron chi connectivity index (χ0n) is 9.65. The van der Waals surface area contributed by atoms with E-state index in [0.29, 0.717) is 6.07 Å². The molecule has 0 saturated heterocycles. The van der Waals surface area contributed by atoms with Gasteiger partial charge in [0.2, 0.25) is 0 Å². The molecular formula is C12H5ClF3N3O. The summed E-state index contributed by atoms with van der Waals surface area (Å²) in [6, 6.07) is 4.56. The van der Waals surface area contributed by atoms with Crippen LogP contribution >= 0.6 is 11.6 Å². The summed E-state index contributed by atoms with van der Waals surface area (Å²) < 4.78 is 43.8. The van der Waals surface area contributed by atoms with Crippen LogP contribution in [-0.4, -0.2) is 9.97 Å². The van der Waals surface area contributed by atoms with Gasteiger partial charge in [-0.15, -0.1) is 0 Å². The summed E-state index contributed by atoms with van der Waals surface area (Å²) in [5, 5.41) is 8.49. The molecule has 0 atom stereocenters. The van der Waals surface area contributed by atoms with Crippen LogP contribution in [0.15, 0.2) is 30.6 Å². The summed E-state index contributed by atoms with van der Waals surface area (Å²) >= 11 is 5.67. The molecule has 4 nitrogen and oxygen atoms in total. The molecule has 0 aliphatic carbocycles. The average Bonchev–Trinajstić information content (AvgIpc) is 2.40. The van der Waals surface area contributed by atoms with Crippen molar-refractivity contribution in [1.29, 1.82) is 5.26 Å². The Kier molecular flexibility index (Phi) is 3.77. The summed E-state index contributed by atoms with van der Waals surface area (Å²) in [7, 11) is 0. The Balaban J connectivity index is 2.47. The van der Waals surface area contributed by atoms with E-state index in [1.807, 2.05) is 0 Å². The minimum atomic E-state index is -4.67. The number of halogens is 4. The number of hydrogen-bond acceptors (Lipinski definition) is 4. The summed E-state index contributed by atoms with van der Waals surface area (Å²) in [5.41, 5.74) is -1.21. The molecule has 0 aliphatic heterocycles. The number of rotatable bonds is 2. The first kappa shape index (κ1) is 14.1. The Morgan fingerprint density at radius 1 is 1.20 bits per heavy atom. The van der Waals surface area contributed by atoms with Crippen LogP contribution in [0.3, 0.4) is 0 Å². The largest absolute Gasteiger partial charge is 0.436 e. The Morgan fingerprint density at radius 3 is 2.50 bits per heavy atom. The van der Waals surface area contributed by atoms with E-state index < -0.39 is 17.5 Å². The van der Waals surface area contributed by atoms with Crippen molar-refractivity contribution in [3.8, 4) is 17.7 Å². The fraction of sp³-hybridized carbons (Fsp3) is 0.0833. The molecule has 0 fully saturated rings. The molecule has 1 aromatic heterocycles. The van der Waals surface area contributed by atoms with Crippen LogP contribution in [-0.2, 0) is 6.18 Å². The molecule has 0 saturated carbocycles. The highest BCUT2D eigenvalue weighted by Gasteiger charge is 2.35. The Labute approximate surface area is 116 Å². The minimum Gasteiger partial charge on any atom is -0.436 e. The van der Waals surface area contributed by atoms with E-state index in [2.05, 4.69) is 9.97 Å². The van der Waals surface area contributed by atoms with E-state index in [-0.39, 0.29) is 16.6 Å². The quantitative estimate of drug-likeness (QED) is 0.846. The maximum atomic E-state index is 12.9. The number of nitrogens with zero attached hydrogens (tertiary/aromatic N) is 3. The Bertz CT molecular complexity index is 682. The fourth-order valence-electron chi connectivity index (χ4n) is 1.39. The number of aromatic nitrogens is 2. The second-order valence-corrected chi connectivity index (χ2v) is 3.93. The normalized spacial score (nSPS) is 10.9.